The number of Topliss-reactive ketones (excluding diaryl/α,β-unsaturated/α-hetero) is 1. The average molecular weight is 262 g/mol. The van der Waals surface area contributed by atoms with E-state index in [9.17, 15) is 13.6 Å². The van der Waals surface area contributed by atoms with E-state index in [0.717, 1.165) is 18.2 Å². The summed E-state index contributed by atoms with van der Waals surface area (Å²) in [6.45, 7) is 0.00804. The SMILES string of the molecule is O=C(CCOc1cc(F)ccc1F)c1ccccc1. The lowest BCUT2D eigenvalue weighted by Gasteiger charge is -2.06. The lowest BCUT2D eigenvalue weighted by molar-refractivity contribution is 0.0961. The fourth-order valence-electron chi connectivity index (χ4n) is 1.61. The normalized spacial score (nSPS) is 10.2. The second-order valence-corrected chi connectivity index (χ2v) is 3.96. The molecule has 2 aromatic rings. The molecule has 0 aromatic heterocycles. The van der Waals surface area contributed by atoms with Crippen LogP contribution in [0, 0.1) is 11.6 Å². The van der Waals surface area contributed by atoms with E-state index in [-0.39, 0.29) is 24.6 Å². The summed E-state index contributed by atoms with van der Waals surface area (Å²) >= 11 is 0. The van der Waals surface area contributed by atoms with E-state index in [1.54, 1.807) is 24.3 Å². The van der Waals surface area contributed by atoms with Gasteiger partial charge in [0.15, 0.2) is 17.3 Å². The number of hydrogen-bond donors (Lipinski definition) is 0. The smallest absolute Gasteiger partial charge is 0.166 e. The molecule has 0 N–H and O–H groups in total. The summed E-state index contributed by atoms with van der Waals surface area (Å²) in [5, 5.41) is 0. The van der Waals surface area contributed by atoms with Crippen LogP contribution < -0.4 is 4.74 Å². The van der Waals surface area contributed by atoms with Gasteiger partial charge in [0, 0.05) is 18.1 Å². The topological polar surface area (TPSA) is 26.3 Å². The summed E-state index contributed by atoms with van der Waals surface area (Å²) in [7, 11) is 0. The number of rotatable bonds is 5. The zero-order chi connectivity index (χ0) is 13.7. The molecule has 0 spiro atoms. The highest BCUT2D eigenvalue weighted by molar-refractivity contribution is 5.96. The molecule has 0 radical (unpaired) electrons. The summed E-state index contributed by atoms with van der Waals surface area (Å²) in [5.41, 5.74) is 0.575. The number of carbonyl (C=O) groups is 1. The van der Waals surface area contributed by atoms with Gasteiger partial charge in [-0.3, -0.25) is 4.79 Å². The van der Waals surface area contributed by atoms with Crippen molar-refractivity contribution < 1.29 is 18.3 Å². The molecule has 0 atom stereocenters. The molecule has 2 aromatic carbocycles. The molecular formula is C15H12F2O2. The van der Waals surface area contributed by atoms with E-state index >= 15 is 0 Å². The van der Waals surface area contributed by atoms with Crippen molar-refractivity contribution in [2.24, 2.45) is 0 Å². The van der Waals surface area contributed by atoms with E-state index in [2.05, 4.69) is 0 Å². The molecule has 0 aliphatic rings. The number of ketones is 1. The fraction of sp³-hybridized carbons (Fsp3) is 0.133. The Morgan fingerprint density at radius 1 is 1.05 bits per heavy atom. The molecule has 0 fully saturated rings. The van der Waals surface area contributed by atoms with Crippen molar-refractivity contribution in [2.75, 3.05) is 6.61 Å². The van der Waals surface area contributed by atoms with Crippen molar-refractivity contribution in [1.82, 2.24) is 0 Å². The third-order valence-corrected chi connectivity index (χ3v) is 2.58. The molecule has 98 valence electrons. The number of carbonyl (C=O) groups excluding carboxylic acids is 1. The van der Waals surface area contributed by atoms with E-state index in [4.69, 9.17) is 4.74 Å². The third-order valence-electron chi connectivity index (χ3n) is 2.58. The van der Waals surface area contributed by atoms with Crippen molar-refractivity contribution in [3.8, 4) is 5.75 Å². The molecule has 0 amide bonds. The van der Waals surface area contributed by atoms with Crippen LogP contribution in [0.4, 0.5) is 8.78 Å². The number of ether oxygens (including phenoxy) is 1. The highest BCUT2D eigenvalue weighted by Gasteiger charge is 2.08. The average Bonchev–Trinajstić information content (AvgIpc) is 2.43. The van der Waals surface area contributed by atoms with Crippen molar-refractivity contribution in [3.63, 3.8) is 0 Å². The minimum Gasteiger partial charge on any atom is -0.490 e. The van der Waals surface area contributed by atoms with Gasteiger partial charge in [-0.15, -0.1) is 0 Å². The quantitative estimate of drug-likeness (QED) is 0.769. The summed E-state index contributed by atoms with van der Waals surface area (Å²) in [4.78, 5) is 11.7. The molecule has 0 aliphatic carbocycles. The maximum absolute atomic E-state index is 13.2. The summed E-state index contributed by atoms with van der Waals surface area (Å²) in [5.74, 6) is -1.50. The first-order chi connectivity index (χ1) is 9.16. The van der Waals surface area contributed by atoms with Gasteiger partial charge in [0.25, 0.3) is 0 Å². The molecule has 2 rings (SSSR count). The lowest BCUT2D eigenvalue weighted by atomic mass is 10.1. The van der Waals surface area contributed by atoms with Crippen LogP contribution in [0.5, 0.6) is 5.75 Å². The van der Waals surface area contributed by atoms with Gasteiger partial charge in [-0.05, 0) is 12.1 Å². The molecule has 0 unspecified atom stereocenters. The molecule has 0 bridgehead atoms. The highest BCUT2D eigenvalue weighted by Crippen LogP contribution is 2.18. The Labute approximate surface area is 109 Å². The van der Waals surface area contributed by atoms with Crippen LogP contribution in [-0.2, 0) is 0 Å². The summed E-state index contributed by atoms with van der Waals surface area (Å²) in [6.07, 6.45) is 0.111. The maximum Gasteiger partial charge on any atom is 0.166 e. The summed E-state index contributed by atoms with van der Waals surface area (Å²) in [6, 6.07) is 11.7. The number of hydrogen-bond acceptors (Lipinski definition) is 2. The lowest BCUT2D eigenvalue weighted by Crippen LogP contribution is -2.07. The van der Waals surface area contributed by atoms with Gasteiger partial charge in [0.05, 0.1) is 6.61 Å². The van der Waals surface area contributed by atoms with E-state index in [1.165, 1.54) is 0 Å². The Bertz CT molecular complexity index is 568. The maximum atomic E-state index is 13.2. The van der Waals surface area contributed by atoms with Crippen LogP contribution >= 0.6 is 0 Å². The zero-order valence-electron chi connectivity index (χ0n) is 10.1. The first-order valence-corrected chi connectivity index (χ1v) is 5.83. The van der Waals surface area contributed by atoms with Gasteiger partial charge >= 0.3 is 0 Å². The monoisotopic (exact) mass is 262 g/mol. The fourth-order valence-corrected chi connectivity index (χ4v) is 1.61. The summed E-state index contributed by atoms with van der Waals surface area (Å²) < 4.78 is 31.2. The van der Waals surface area contributed by atoms with Crippen LogP contribution in [0.1, 0.15) is 16.8 Å². The van der Waals surface area contributed by atoms with Crippen LogP contribution in [0.3, 0.4) is 0 Å². The second-order valence-electron chi connectivity index (χ2n) is 3.96. The number of benzene rings is 2. The number of halogens is 2. The zero-order valence-corrected chi connectivity index (χ0v) is 10.1. The standard InChI is InChI=1S/C15H12F2O2/c16-12-6-7-13(17)15(10-12)19-9-8-14(18)11-4-2-1-3-5-11/h1-7,10H,8-9H2. The largest absolute Gasteiger partial charge is 0.490 e. The Hall–Kier alpha value is -2.23. The second kappa shape index (κ2) is 6.09. The van der Waals surface area contributed by atoms with Gasteiger partial charge in [-0.2, -0.15) is 0 Å². The predicted octanol–water partition coefficient (Wildman–Crippen LogP) is 3.62. The molecule has 19 heavy (non-hydrogen) atoms. The molecule has 4 heteroatoms. The van der Waals surface area contributed by atoms with Gasteiger partial charge in [-0.1, -0.05) is 30.3 Å². The van der Waals surface area contributed by atoms with E-state index < -0.39 is 11.6 Å². The Balaban J connectivity index is 1.90. The first-order valence-electron chi connectivity index (χ1n) is 5.83. The third kappa shape index (κ3) is 3.61. The molecule has 0 saturated carbocycles. The van der Waals surface area contributed by atoms with Gasteiger partial charge in [0.2, 0.25) is 0 Å². The molecule has 0 aliphatic heterocycles. The van der Waals surface area contributed by atoms with Crippen LogP contribution in [0.15, 0.2) is 48.5 Å². The first kappa shape index (κ1) is 13.2. The Kier molecular flexibility index (Phi) is 4.23. The van der Waals surface area contributed by atoms with Gasteiger partial charge in [-0.25, -0.2) is 8.78 Å². The predicted molar refractivity (Wildman–Crippen MR) is 67.2 cm³/mol. The van der Waals surface area contributed by atoms with Gasteiger partial charge in [0.1, 0.15) is 5.82 Å². The Morgan fingerprint density at radius 3 is 2.53 bits per heavy atom. The van der Waals surface area contributed by atoms with Gasteiger partial charge < -0.3 is 4.74 Å². The van der Waals surface area contributed by atoms with E-state index in [0.29, 0.717) is 5.56 Å². The molecular weight excluding hydrogens is 250 g/mol. The van der Waals surface area contributed by atoms with Crippen LogP contribution in [0.2, 0.25) is 0 Å². The van der Waals surface area contributed by atoms with Crippen molar-refractivity contribution in [2.45, 2.75) is 6.42 Å². The van der Waals surface area contributed by atoms with E-state index in [1.807, 2.05) is 6.07 Å². The molecule has 0 saturated heterocycles. The Morgan fingerprint density at radius 2 is 1.79 bits per heavy atom. The van der Waals surface area contributed by atoms with Crippen molar-refractivity contribution in [3.05, 3.63) is 65.7 Å². The van der Waals surface area contributed by atoms with Crippen molar-refractivity contribution in [1.29, 1.82) is 0 Å². The van der Waals surface area contributed by atoms with Crippen LogP contribution in [0.25, 0.3) is 0 Å². The van der Waals surface area contributed by atoms with Crippen molar-refractivity contribution >= 4 is 5.78 Å². The minimum absolute atomic E-state index is 0.00804. The highest BCUT2D eigenvalue weighted by atomic mass is 19.1. The van der Waals surface area contributed by atoms with Crippen LogP contribution in [-0.4, -0.2) is 12.4 Å². The minimum atomic E-state index is -0.645. The molecule has 0 heterocycles. The molecule has 2 nitrogen and oxygen atoms in total.